The molecule has 1 rings (SSSR count). The van der Waals surface area contributed by atoms with Crippen molar-refractivity contribution in [1.29, 1.82) is 0 Å². The summed E-state index contributed by atoms with van der Waals surface area (Å²) in [5.74, 6) is -0.286. The van der Waals surface area contributed by atoms with Crippen LogP contribution in [0.2, 0.25) is 0 Å². The van der Waals surface area contributed by atoms with Crippen LogP contribution in [0.3, 0.4) is 0 Å². The first-order chi connectivity index (χ1) is 6.37. The molecule has 1 heterocycles. The number of carbonyl (C=O) groups excluding carboxylic acids is 2. The third-order valence-electron chi connectivity index (χ3n) is 1.56. The lowest BCUT2D eigenvalue weighted by Crippen LogP contribution is -2.38. The molecule has 0 aliphatic carbocycles. The zero-order valence-electron chi connectivity index (χ0n) is 8.62. The molecule has 0 aromatic carbocycles. The molecular formula is C9H15NO4. The van der Waals surface area contributed by atoms with Crippen LogP contribution >= 0.6 is 0 Å². The number of carbonyl (C=O) groups is 2. The number of alkyl carbamates (subject to hydrolysis) is 1. The molecule has 1 saturated heterocycles. The van der Waals surface area contributed by atoms with E-state index in [-0.39, 0.29) is 5.97 Å². The normalized spacial score (nSPS) is 21.6. The zero-order chi connectivity index (χ0) is 10.8. The summed E-state index contributed by atoms with van der Waals surface area (Å²) in [4.78, 5) is 21.9. The second-order valence-corrected chi connectivity index (χ2v) is 4.16. The second kappa shape index (κ2) is 3.86. The molecule has 0 radical (unpaired) electrons. The number of hydrogen-bond donors (Lipinski definition) is 1. The first-order valence-corrected chi connectivity index (χ1v) is 4.56. The Hall–Kier alpha value is -1.26. The highest BCUT2D eigenvalue weighted by molar-refractivity contribution is 5.73. The monoisotopic (exact) mass is 201 g/mol. The summed E-state index contributed by atoms with van der Waals surface area (Å²) in [6.45, 7) is 5.31. The topological polar surface area (TPSA) is 64.6 Å². The van der Waals surface area contributed by atoms with Crippen LogP contribution in [-0.4, -0.2) is 23.9 Å². The molecule has 1 atom stereocenters. The van der Waals surface area contributed by atoms with Gasteiger partial charge in [0.2, 0.25) is 0 Å². The highest BCUT2D eigenvalue weighted by atomic mass is 16.6. The molecule has 1 N–H and O–H groups in total. The number of amides is 1. The van der Waals surface area contributed by atoms with E-state index in [1.165, 1.54) is 0 Å². The molecule has 5 nitrogen and oxygen atoms in total. The Labute approximate surface area is 82.8 Å². The fourth-order valence-electron chi connectivity index (χ4n) is 1.07. The molecule has 0 unspecified atom stereocenters. The van der Waals surface area contributed by atoms with Crippen molar-refractivity contribution < 1.29 is 19.1 Å². The number of cyclic esters (lactones) is 1. The zero-order valence-corrected chi connectivity index (χ0v) is 8.62. The van der Waals surface area contributed by atoms with E-state index in [9.17, 15) is 9.59 Å². The Balaban J connectivity index is 2.31. The highest BCUT2D eigenvalue weighted by Crippen LogP contribution is 2.12. The number of esters is 1. The quantitative estimate of drug-likeness (QED) is 0.647. The summed E-state index contributed by atoms with van der Waals surface area (Å²) < 4.78 is 9.79. The summed E-state index contributed by atoms with van der Waals surface area (Å²) in [6.07, 6.45) is -0.229. The first-order valence-electron chi connectivity index (χ1n) is 4.56. The third-order valence-corrected chi connectivity index (χ3v) is 1.56. The minimum absolute atomic E-state index is 0.286. The summed E-state index contributed by atoms with van der Waals surface area (Å²) in [5, 5.41) is 2.46. The molecular weight excluding hydrogens is 186 g/mol. The first kappa shape index (κ1) is 10.8. The lowest BCUT2D eigenvalue weighted by atomic mass is 10.2. The van der Waals surface area contributed by atoms with E-state index in [1.54, 1.807) is 20.8 Å². The summed E-state index contributed by atoms with van der Waals surface area (Å²) >= 11 is 0. The molecule has 0 aromatic rings. The van der Waals surface area contributed by atoms with Crippen molar-refractivity contribution in [3.8, 4) is 0 Å². The van der Waals surface area contributed by atoms with Gasteiger partial charge in [-0.15, -0.1) is 0 Å². The largest absolute Gasteiger partial charge is 0.444 e. The minimum Gasteiger partial charge on any atom is -0.444 e. The average molecular weight is 201 g/mol. The Bertz CT molecular complexity index is 244. The molecule has 1 fully saturated rings. The molecule has 14 heavy (non-hydrogen) atoms. The van der Waals surface area contributed by atoms with Gasteiger partial charge in [0.05, 0.1) is 6.42 Å². The van der Waals surface area contributed by atoms with Crippen LogP contribution < -0.4 is 5.32 Å². The van der Waals surface area contributed by atoms with Crippen LogP contribution in [0.15, 0.2) is 0 Å². The fourth-order valence-corrected chi connectivity index (χ4v) is 1.07. The smallest absolute Gasteiger partial charge is 0.410 e. The maximum absolute atomic E-state index is 11.2. The van der Waals surface area contributed by atoms with Crippen LogP contribution in [0, 0.1) is 0 Å². The van der Waals surface area contributed by atoms with E-state index in [0.717, 1.165) is 0 Å². The Morgan fingerprint density at radius 2 is 2.21 bits per heavy atom. The van der Waals surface area contributed by atoms with Gasteiger partial charge < -0.3 is 9.47 Å². The van der Waals surface area contributed by atoms with Crippen molar-refractivity contribution in [2.24, 2.45) is 0 Å². The van der Waals surface area contributed by atoms with Crippen molar-refractivity contribution in [3.05, 3.63) is 0 Å². The molecule has 0 bridgehead atoms. The number of nitrogens with one attached hydrogen (secondary N) is 1. The number of hydrogen-bond acceptors (Lipinski definition) is 4. The SMILES string of the molecule is CC(C)(C)OC(=O)N[C@@H]1CCC(=O)O1. The second-order valence-electron chi connectivity index (χ2n) is 4.16. The lowest BCUT2D eigenvalue weighted by Gasteiger charge is -2.21. The van der Waals surface area contributed by atoms with Gasteiger partial charge in [-0.05, 0) is 20.8 Å². The van der Waals surface area contributed by atoms with E-state index in [1.807, 2.05) is 0 Å². The van der Waals surface area contributed by atoms with Crippen molar-refractivity contribution in [2.45, 2.75) is 45.4 Å². The predicted molar refractivity (Wildman–Crippen MR) is 48.5 cm³/mol. The van der Waals surface area contributed by atoms with E-state index in [4.69, 9.17) is 9.47 Å². The molecule has 80 valence electrons. The van der Waals surface area contributed by atoms with Gasteiger partial charge in [0, 0.05) is 6.42 Å². The molecule has 0 spiro atoms. The van der Waals surface area contributed by atoms with E-state index < -0.39 is 17.9 Å². The Morgan fingerprint density at radius 1 is 1.57 bits per heavy atom. The Kier molecular flexibility index (Phi) is 2.98. The van der Waals surface area contributed by atoms with Gasteiger partial charge in [0.1, 0.15) is 5.60 Å². The maximum atomic E-state index is 11.2. The summed E-state index contributed by atoms with van der Waals surface area (Å²) in [5.41, 5.74) is -0.535. The molecule has 5 heteroatoms. The van der Waals surface area contributed by atoms with Crippen LogP contribution in [-0.2, 0) is 14.3 Å². The van der Waals surface area contributed by atoms with E-state index >= 15 is 0 Å². The molecule has 1 aliphatic rings. The van der Waals surface area contributed by atoms with Gasteiger partial charge in [-0.2, -0.15) is 0 Å². The Morgan fingerprint density at radius 3 is 2.64 bits per heavy atom. The van der Waals surface area contributed by atoms with Crippen LogP contribution in [0.4, 0.5) is 4.79 Å². The van der Waals surface area contributed by atoms with Crippen LogP contribution in [0.1, 0.15) is 33.6 Å². The third kappa shape index (κ3) is 3.64. The van der Waals surface area contributed by atoms with Crippen molar-refractivity contribution in [3.63, 3.8) is 0 Å². The van der Waals surface area contributed by atoms with Gasteiger partial charge >= 0.3 is 12.1 Å². The molecule has 0 aromatic heterocycles. The summed E-state index contributed by atoms with van der Waals surface area (Å²) in [6, 6.07) is 0. The van der Waals surface area contributed by atoms with E-state index in [0.29, 0.717) is 12.8 Å². The van der Waals surface area contributed by atoms with Crippen molar-refractivity contribution in [2.75, 3.05) is 0 Å². The summed E-state index contributed by atoms with van der Waals surface area (Å²) in [7, 11) is 0. The standard InChI is InChI=1S/C9H15NO4/c1-9(2,3)14-8(12)10-6-4-5-7(11)13-6/h6H,4-5H2,1-3H3,(H,10,12)/t6-/m0/s1. The van der Waals surface area contributed by atoms with Gasteiger partial charge in [0.15, 0.2) is 6.23 Å². The van der Waals surface area contributed by atoms with Crippen LogP contribution in [0.5, 0.6) is 0 Å². The van der Waals surface area contributed by atoms with Gasteiger partial charge in [-0.3, -0.25) is 10.1 Å². The lowest BCUT2D eigenvalue weighted by molar-refractivity contribution is -0.142. The number of ether oxygens (including phenoxy) is 2. The number of rotatable bonds is 1. The van der Waals surface area contributed by atoms with Crippen molar-refractivity contribution in [1.82, 2.24) is 5.32 Å². The average Bonchev–Trinajstić information content (AvgIpc) is 2.30. The van der Waals surface area contributed by atoms with Gasteiger partial charge in [0.25, 0.3) is 0 Å². The van der Waals surface area contributed by atoms with Gasteiger partial charge in [-0.1, -0.05) is 0 Å². The van der Waals surface area contributed by atoms with Crippen LogP contribution in [0.25, 0.3) is 0 Å². The van der Waals surface area contributed by atoms with Gasteiger partial charge in [-0.25, -0.2) is 4.79 Å². The maximum Gasteiger partial charge on any atom is 0.410 e. The predicted octanol–water partition coefficient (Wildman–Crippen LogP) is 1.17. The fraction of sp³-hybridized carbons (Fsp3) is 0.778. The minimum atomic E-state index is -0.558. The molecule has 1 aliphatic heterocycles. The van der Waals surface area contributed by atoms with E-state index in [2.05, 4.69) is 5.32 Å². The van der Waals surface area contributed by atoms with Crippen molar-refractivity contribution >= 4 is 12.1 Å². The molecule has 0 saturated carbocycles. The highest BCUT2D eigenvalue weighted by Gasteiger charge is 2.26. The molecule has 1 amide bonds.